The highest BCUT2D eigenvalue weighted by Crippen LogP contribution is 2.10. The molecule has 0 aliphatic heterocycles. The summed E-state index contributed by atoms with van der Waals surface area (Å²) in [5.74, 6) is 5.28. The summed E-state index contributed by atoms with van der Waals surface area (Å²) in [7, 11) is 1.74. The normalized spacial score (nSPS) is 9.70. The molecule has 0 radical (unpaired) electrons. The van der Waals surface area contributed by atoms with Crippen molar-refractivity contribution >= 4 is 17.2 Å². The van der Waals surface area contributed by atoms with Gasteiger partial charge in [0.15, 0.2) is 0 Å². The molecule has 1 heterocycles. The van der Waals surface area contributed by atoms with Gasteiger partial charge in [0.25, 0.3) is 5.91 Å². The fourth-order valence-corrected chi connectivity index (χ4v) is 2.27. The number of benzene rings is 1. The van der Waals surface area contributed by atoms with Gasteiger partial charge in [-0.05, 0) is 18.2 Å². The topological polar surface area (TPSA) is 53.4 Å². The SMILES string of the molecule is CN(Cc1cscn1)C(=O)c1cccc(C#CCO)c1. The van der Waals surface area contributed by atoms with Crippen LogP contribution in [0.2, 0.25) is 0 Å². The fourth-order valence-electron chi connectivity index (χ4n) is 1.72. The van der Waals surface area contributed by atoms with Crippen molar-refractivity contribution in [3.05, 3.63) is 52.0 Å². The molecule has 0 fully saturated rings. The van der Waals surface area contributed by atoms with Gasteiger partial charge in [0.05, 0.1) is 17.7 Å². The Bertz CT molecular complexity index is 641. The molecule has 0 spiro atoms. The van der Waals surface area contributed by atoms with E-state index < -0.39 is 0 Å². The summed E-state index contributed by atoms with van der Waals surface area (Å²) >= 11 is 1.51. The van der Waals surface area contributed by atoms with Crippen molar-refractivity contribution in [2.45, 2.75) is 6.54 Å². The summed E-state index contributed by atoms with van der Waals surface area (Å²) in [5, 5.41) is 10.6. The zero-order valence-electron chi connectivity index (χ0n) is 11.0. The van der Waals surface area contributed by atoms with E-state index in [4.69, 9.17) is 5.11 Å². The molecular weight excluding hydrogens is 272 g/mol. The summed E-state index contributed by atoms with van der Waals surface area (Å²) in [6.45, 7) is 0.288. The van der Waals surface area contributed by atoms with Crippen molar-refractivity contribution in [2.75, 3.05) is 13.7 Å². The van der Waals surface area contributed by atoms with E-state index in [0.717, 1.165) is 5.69 Å². The molecule has 1 N–H and O–H groups in total. The minimum Gasteiger partial charge on any atom is -0.384 e. The van der Waals surface area contributed by atoms with Gasteiger partial charge in [-0.25, -0.2) is 4.98 Å². The summed E-state index contributed by atoms with van der Waals surface area (Å²) < 4.78 is 0. The van der Waals surface area contributed by atoms with Gasteiger partial charge in [-0.1, -0.05) is 17.9 Å². The van der Waals surface area contributed by atoms with E-state index >= 15 is 0 Å². The van der Waals surface area contributed by atoms with E-state index in [-0.39, 0.29) is 12.5 Å². The van der Waals surface area contributed by atoms with Crippen LogP contribution >= 0.6 is 11.3 Å². The van der Waals surface area contributed by atoms with Crippen molar-refractivity contribution in [3.63, 3.8) is 0 Å². The number of carbonyl (C=O) groups excluding carboxylic acids is 1. The predicted octanol–water partition coefficient (Wildman–Crippen LogP) is 1.76. The first-order chi connectivity index (χ1) is 9.70. The number of aliphatic hydroxyl groups is 1. The maximum atomic E-state index is 12.3. The molecule has 0 aliphatic carbocycles. The molecule has 0 saturated carbocycles. The maximum Gasteiger partial charge on any atom is 0.253 e. The Morgan fingerprint density at radius 2 is 2.35 bits per heavy atom. The lowest BCUT2D eigenvalue weighted by molar-refractivity contribution is 0.0783. The van der Waals surface area contributed by atoms with E-state index in [9.17, 15) is 4.79 Å². The molecule has 0 unspecified atom stereocenters. The number of hydrogen-bond donors (Lipinski definition) is 1. The summed E-state index contributed by atoms with van der Waals surface area (Å²) in [5.41, 5.74) is 3.92. The quantitative estimate of drug-likeness (QED) is 0.875. The van der Waals surface area contributed by atoms with Gasteiger partial charge in [-0.15, -0.1) is 11.3 Å². The van der Waals surface area contributed by atoms with Crippen LogP contribution in [-0.4, -0.2) is 34.6 Å². The average Bonchev–Trinajstić information content (AvgIpc) is 2.97. The van der Waals surface area contributed by atoms with Crippen LogP contribution < -0.4 is 0 Å². The Morgan fingerprint density at radius 1 is 1.50 bits per heavy atom. The molecular formula is C15H14N2O2S. The van der Waals surface area contributed by atoms with E-state index in [1.165, 1.54) is 11.3 Å². The Balaban J connectivity index is 2.12. The van der Waals surface area contributed by atoms with Gasteiger partial charge in [-0.2, -0.15) is 0 Å². The number of carbonyl (C=O) groups is 1. The third kappa shape index (κ3) is 3.67. The van der Waals surface area contributed by atoms with Crippen molar-refractivity contribution in [1.29, 1.82) is 0 Å². The van der Waals surface area contributed by atoms with Crippen LogP contribution in [0.25, 0.3) is 0 Å². The molecule has 20 heavy (non-hydrogen) atoms. The van der Waals surface area contributed by atoms with Crippen LogP contribution in [0.3, 0.4) is 0 Å². The van der Waals surface area contributed by atoms with Crippen molar-refractivity contribution in [1.82, 2.24) is 9.88 Å². The second-order valence-corrected chi connectivity index (χ2v) is 4.90. The van der Waals surface area contributed by atoms with Crippen molar-refractivity contribution in [3.8, 4) is 11.8 Å². The number of thiazole rings is 1. The molecule has 0 aliphatic rings. The number of hydrogen-bond acceptors (Lipinski definition) is 4. The molecule has 2 aromatic rings. The number of aromatic nitrogens is 1. The van der Waals surface area contributed by atoms with Crippen LogP contribution in [0.5, 0.6) is 0 Å². The van der Waals surface area contributed by atoms with Crippen molar-refractivity contribution < 1.29 is 9.90 Å². The monoisotopic (exact) mass is 286 g/mol. The lowest BCUT2D eigenvalue weighted by Crippen LogP contribution is -2.26. The lowest BCUT2D eigenvalue weighted by atomic mass is 10.1. The minimum atomic E-state index is -0.193. The highest BCUT2D eigenvalue weighted by atomic mass is 32.1. The molecule has 0 saturated heterocycles. The first kappa shape index (κ1) is 14.3. The second kappa shape index (κ2) is 6.85. The first-order valence-electron chi connectivity index (χ1n) is 6.03. The first-order valence-corrected chi connectivity index (χ1v) is 6.97. The molecule has 102 valence electrons. The lowest BCUT2D eigenvalue weighted by Gasteiger charge is -2.16. The minimum absolute atomic E-state index is 0.0781. The summed E-state index contributed by atoms with van der Waals surface area (Å²) in [6, 6.07) is 7.07. The molecule has 0 bridgehead atoms. The molecule has 4 nitrogen and oxygen atoms in total. The van der Waals surface area contributed by atoms with Crippen LogP contribution in [-0.2, 0) is 6.54 Å². The van der Waals surface area contributed by atoms with Gasteiger partial charge in [0, 0.05) is 23.6 Å². The fraction of sp³-hybridized carbons (Fsp3) is 0.200. The van der Waals surface area contributed by atoms with E-state index in [1.807, 2.05) is 5.38 Å². The molecule has 0 atom stereocenters. The molecule has 5 heteroatoms. The smallest absolute Gasteiger partial charge is 0.253 e. The standard InChI is InChI=1S/C15H14N2O2S/c1-17(9-14-10-20-11-16-14)15(19)13-6-2-4-12(8-13)5-3-7-18/h2,4,6,8,10-11,18H,7,9H2,1H3. The number of rotatable bonds is 3. The molecule has 1 aromatic carbocycles. The molecule has 1 aromatic heterocycles. The second-order valence-electron chi connectivity index (χ2n) is 4.18. The predicted molar refractivity (Wildman–Crippen MR) is 78.3 cm³/mol. The maximum absolute atomic E-state index is 12.3. The van der Waals surface area contributed by atoms with Crippen LogP contribution in [0.15, 0.2) is 35.2 Å². The van der Waals surface area contributed by atoms with Gasteiger partial charge in [0.2, 0.25) is 0 Å². The van der Waals surface area contributed by atoms with E-state index in [2.05, 4.69) is 16.8 Å². The number of amides is 1. The summed E-state index contributed by atoms with van der Waals surface area (Å²) in [4.78, 5) is 18.1. The largest absolute Gasteiger partial charge is 0.384 e. The van der Waals surface area contributed by atoms with Crippen molar-refractivity contribution in [2.24, 2.45) is 0 Å². The highest BCUT2D eigenvalue weighted by Gasteiger charge is 2.12. The van der Waals surface area contributed by atoms with Crippen LogP contribution in [0, 0.1) is 11.8 Å². The average molecular weight is 286 g/mol. The van der Waals surface area contributed by atoms with E-state index in [1.54, 1.807) is 41.7 Å². The zero-order valence-corrected chi connectivity index (χ0v) is 11.9. The van der Waals surface area contributed by atoms with Gasteiger partial charge in [0.1, 0.15) is 6.61 Å². The van der Waals surface area contributed by atoms with Gasteiger partial charge < -0.3 is 10.0 Å². The van der Waals surface area contributed by atoms with Crippen LogP contribution in [0.1, 0.15) is 21.6 Å². The Kier molecular flexibility index (Phi) is 4.88. The van der Waals surface area contributed by atoms with E-state index in [0.29, 0.717) is 17.7 Å². The Hall–Kier alpha value is -2.16. The molecule has 1 amide bonds. The third-order valence-corrected chi connectivity index (χ3v) is 3.29. The van der Waals surface area contributed by atoms with Crippen LogP contribution in [0.4, 0.5) is 0 Å². The highest BCUT2D eigenvalue weighted by molar-refractivity contribution is 7.07. The zero-order chi connectivity index (χ0) is 14.4. The Morgan fingerprint density at radius 3 is 3.05 bits per heavy atom. The molecule has 2 rings (SSSR count). The number of nitrogens with zero attached hydrogens (tertiary/aromatic N) is 2. The third-order valence-electron chi connectivity index (χ3n) is 2.65. The Labute approximate surface area is 121 Å². The number of aliphatic hydroxyl groups excluding tert-OH is 1. The van der Waals surface area contributed by atoms with Gasteiger partial charge in [-0.3, -0.25) is 4.79 Å². The summed E-state index contributed by atoms with van der Waals surface area (Å²) in [6.07, 6.45) is 0. The van der Waals surface area contributed by atoms with Gasteiger partial charge >= 0.3 is 0 Å².